The quantitative estimate of drug-likeness (QED) is 0.628. The summed E-state index contributed by atoms with van der Waals surface area (Å²) in [5.74, 6) is -0.131. The highest BCUT2D eigenvalue weighted by molar-refractivity contribution is 14.1. The first-order valence-corrected chi connectivity index (χ1v) is 8.16. The van der Waals surface area contributed by atoms with Crippen LogP contribution in [0.3, 0.4) is 0 Å². The molecule has 0 unspecified atom stereocenters. The molecular formula is C15H12IN3OS. The van der Waals surface area contributed by atoms with Crippen molar-refractivity contribution < 1.29 is 4.79 Å². The zero-order chi connectivity index (χ0) is 15.0. The van der Waals surface area contributed by atoms with E-state index < -0.39 is 0 Å². The maximum atomic E-state index is 12.3. The highest BCUT2D eigenvalue weighted by atomic mass is 127. The molecule has 0 radical (unpaired) electrons. The summed E-state index contributed by atoms with van der Waals surface area (Å²) in [4.78, 5) is 16.5. The van der Waals surface area contributed by atoms with Gasteiger partial charge in [-0.1, -0.05) is 11.3 Å². The molecule has 1 aromatic heterocycles. The Balaban J connectivity index is 1.89. The molecule has 0 aliphatic carbocycles. The van der Waals surface area contributed by atoms with Gasteiger partial charge in [0.25, 0.3) is 5.91 Å². The number of hydrogen-bond donors (Lipinski definition) is 2. The summed E-state index contributed by atoms with van der Waals surface area (Å²) < 4.78 is 2.06. The molecule has 0 aliphatic rings. The number of thiazole rings is 1. The van der Waals surface area contributed by atoms with Crippen LogP contribution in [0.1, 0.15) is 15.9 Å². The van der Waals surface area contributed by atoms with E-state index in [0.29, 0.717) is 10.7 Å². The summed E-state index contributed by atoms with van der Waals surface area (Å²) in [6.07, 6.45) is 0. The molecule has 1 amide bonds. The minimum Gasteiger partial charge on any atom is -0.375 e. The van der Waals surface area contributed by atoms with E-state index in [-0.39, 0.29) is 5.91 Å². The van der Waals surface area contributed by atoms with Crippen molar-refractivity contribution in [3.8, 4) is 0 Å². The predicted octanol–water partition coefficient (Wildman–Crippen LogP) is 4.04. The van der Waals surface area contributed by atoms with Crippen LogP contribution in [0.25, 0.3) is 10.2 Å². The van der Waals surface area contributed by atoms with Crippen molar-refractivity contribution in [3.05, 3.63) is 51.1 Å². The summed E-state index contributed by atoms with van der Waals surface area (Å²) in [6.45, 7) is 1.98. The topological polar surface area (TPSA) is 68.0 Å². The van der Waals surface area contributed by atoms with E-state index in [9.17, 15) is 4.79 Å². The number of rotatable bonds is 2. The van der Waals surface area contributed by atoms with Crippen molar-refractivity contribution in [2.45, 2.75) is 6.92 Å². The van der Waals surface area contributed by atoms with Gasteiger partial charge in [-0.15, -0.1) is 0 Å². The Morgan fingerprint density at radius 3 is 2.86 bits per heavy atom. The summed E-state index contributed by atoms with van der Waals surface area (Å²) in [6, 6.07) is 11.3. The standard InChI is InChI=1S/C15H12IN3OS/c1-8-6-10(16)3-5-11(8)18-14(20)9-2-4-12-13(7-9)21-15(17)19-12/h2-7H,1H3,(H2,17,19)(H,18,20). The lowest BCUT2D eigenvalue weighted by Gasteiger charge is -2.08. The van der Waals surface area contributed by atoms with Crippen LogP contribution in [-0.4, -0.2) is 10.9 Å². The smallest absolute Gasteiger partial charge is 0.255 e. The fourth-order valence-electron chi connectivity index (χ4n) is 2.05. The minimum absolute atomic E-state index is 0.131. The van der Waals surface area contributed by atoms with E-state index in [1.807, 2.05) is 37.3 Å². The van der Waals surface area contributed by atoms with Gasteiger partial charge in [-0.3, -0.25) is 4.79 Å². The van der Waals surface area contributed by atoms with Gasteiger partial charge in [0.1, 0.15) is 0 Å². The second-order valence-corrected chi connectivity index (χ2v) is 6.96. The molecule has 0 bridgehead atoms. The number of carbonyl (C=O) groups excluding carboxylic acids is 1. The van der Waals surface area contributed by atoms with Crippen LogP contribution in [0.15, 0.2) is 36.4 Å². The van der Waals surface area contributed by atoms with Crippen LogP contribution < -0.4 is 11.1 Å². The largest absolute Gasteiger partial charge is 0.375 e. The molecule has 1 heterocycles. The van der Waals surface area contributed by atoms with E-state index in [0.717, 1.165) is 25.0 Å². The van der Waals surface area contributed by atoms with Crippen LogP contribution in [0.4, 0.5) is 10.8 Å². The molecule has 4 nitrogen and oxygen atoms in total. The van der Waals surface area contributed by atoms with Gasteiger partial charge in [0, 0.05) is 14.8 Å². The molecule has 0 saturated heterocycles. The average molecular weight is 409 g/mol. The number of halogens is 1. The van der Waals surface area contributed by atoms with Crippen LogP contribution >= 0.6 is 33.9 Å². The SMILES string of the molecule is Cc1cc(I)ccc1NC(=O)c1ccc2nc(N)sc2c1. The molecule has 0 spiro atoms. The average Bonchev–Trinajstić information content (AvgIpc) is 2.80. The Bertz CT molecular complexity index is 844. The molecule has 0 atom stereocenters. The van der Waals surface area contributed by atoms with Gasteiger partial charge in [-0.05, 0) is 71.5 Å². The Morgan fingerprint density at radius 1 is 1.29 bits per heavy atom. The zero-order valence-electron chi connectivity index (χ0n) is 11.2. The van der Waals surface area contributed by atoms with Crippen molar-refractivity contribution in [3.63, 3.8) is 0 Å². The lowest BCUT2D eigenvalue weighted by Crippen LogP contribution is -2.12. The number of aryl methyl sites for hydroxylation is 1. The number of nitrogen functional groups attached to an aromatic ring is 1. The summed E-state index contributed by atoms with van der Waals surface area (Å²) in [5.41, 5.74) is 8.96. The number of nitrogens with zero attached hydrogens (tertiary/aromatic N) is 1. The number of benzene rings is 2. The molecule has 0 fully saturated rings. The number of amides is 1. The van der Waals surface area contributed by atoms with E-state index in [1.54, 1.807) is 6.07 Å². The minimum atomic E-state index is -0.131. The summed E-state index contributed by atoms with van der Waals surface area (Å²) in [7, 11) is 0. The predicted molar refractivity (Wildman–Crippen MR) is 95.9 cm³/mol. The summed E-state index contributed by atoms with van der Waals surface area (Å²) >= 11 is 3.63. The second kappa shape index (κ2) is 5.61. The molecular weight excluding hydrogens is 397 g/mol. The van der Waals surface area contributed by atoms with E-state index in [4.69, 9.17) is 5.73 Å². The third-order valence-corrected chi connectivity index (χ3v) is 4.62. The van der Waals surface area contributed by atoms with Crippen LogP contribution in [-0.2, 0) is 0 Å². The van der Waals surface area contributed by atoms with Gasteiger partial charge in [0.05, 0.1) is 10.2 Å². The first-order chi connectivity index (χ1) is 10.0. The molecule has 0 aliphatic heterocycles. The van der Waals surface area contributed by atoms with E-state index >= 15 is 0 Å². The Labute approximate surface area is 139 Å². The van der Waals surface area contributed by atoms with Crippen molar-refractivity contribution in [1.82, 2.24) is 4.98 Å². The third-order valence-electron chi connectivity index (χ3n) is 3.10. The van der Waals surface area contributed by atoms with Gasteiger partial charge >= 0.3 is 0 Å². The van der Waals surface area contributed by atoms with Crippen LogP contribution in [0, 0.1) is 10.5 Å². The second-order valence-electron chi connectivity index (χ2n) is 4.65. The van der Waals surface area contributed by atoms with Gasteiger partial charge in [0.15, 0.2) is 5.13 Å². The van der Waals surface area contributed by atoms with Crippen molar-refractivity contribution in [2.24, 2.45) is 0 Å². The van der Waals surface area contributed by atoms with Gasteiger partial charge in [-0.2, -0.15) is 0 Å². The number of hydrogen-bond acceptors (Lipinski definition) is 4. The first kappa shape index (κ1) is 14.3. The highest BCUT2D eigenvalue weighted by Gasteiger charge is 2.10. The molecule has 106 valence electrons. The van der Waals surface area contributed by atoms with Crippen molar-refractivity contribution >= 4 is 60.9 Å². The number of carbonyl (C=O) groups is 1. The Hall–Kier alpha value is -1.67. The van der Waals surface area contributed by atoms with Gasteiger partial charge in [-0.25, -0.2) is 4.98 Å². The maximum absolute atomic E-state index is 12.3. The fraction of sp³-hybridized carbons (Fsp3) is 0.0667. The van der Waals surface area contributed by atoms with Crippen molar-refractivity contribution in [1.29, 1.82) is 0 Å². The van der Waals surface area contributed by atoms with E-state index in [2.05, 4.69) is 32.9 Å². The molecule has 0 saturated carbocycles. The molecule has 3 N–H and O–H groups in total. The fourth-order valence-corrected chi connectivity index (χ4v) is 3.47. The van der Waals surface area contributed by atoms with Gasteiger partial charge in [0.2, 0.25) is 0 Å². The number of fused-ring (bicyclic) bond motifs is 1. The number of anilines is 2. The Morgan fingerprint density at radius 2 is 2.10 bits per heavy atom. The lowest BCUT2D eigenvalue weighted by atomic mass is 10.1. The lowest BCUT2D eigenvalue weighted by molar-refractivity contribution is 0.102. The third kappa shape index (κ3) is 3.01. The molecule has 3 rings (SSSR count). The number of nitrogens with one attached hydrogen (secondary N) is 1. The number of nitrogens with two attached hydrogens (primary N) is 1. The van der Waals surface area contributed by atoms with E-state index in [1.165, 1.54) is 11.3 Å². The first-order valence-electron chi connectivity index (χ1n) is 6.26. The molecule has 3 aromatic rings. The molecule has 6 heteroatoms. The zero-order valence-corrected chi connectivity index (χ0v) is 14.2. The van der Waals surface area contributed by atoms with Crippen LogP contribution in [0.2, 0.25) is 0 Å². The molecule has 2 aromatic carbocycles. The van der Waals surface area contributed by atoms with Gasteiger partial charge < -0.3 is 11.1 Å². The molecule has 21 heavy (non-hydrogen) atoms. The Kier molecular flexibility index (Phi) is 3.81. The maximum Gasteiger partial charge on any atom is 0.255 e. The summed E-state index contributed by atoms with van der Waals surface area (Å²) in [5, 5.41) is 3.45. The normalized spacial score (nSPS) is 10.8. The van der Waals surface area contributed by atoms with Crippen LogP contribution in [0.5, 0.6) is 0 Å². The van der Waals surface area contributed by atoms with Crippen molar-refractivity contribution in [2.75, 3.05) is 11.1 Å². The monoisotopic (exact) mass is 409 g/mol. The highest BCUT2D eigenvalue weighted by Crippen LogP contribution is 2.25. The number of aromatic nitrogens is 1.